The number of amides is 1. The Bertz CT molecular complexity index is 1250. The van der Waals surface area contributed by atoms with E-state index in [1.54, 1.807) is 6.33 Å². The Morgan fingerprint density at radius 1 is 1.03 bits per heavy atom. The molecule has 0 N–H and O–H groups in total. The summed E-state index contributed by atoms with van der Waals surface area (Å²) in [6.07, 6.45) is 11.1. The topological polar surface area (TPSA) is 77.3 Å². The zero-order valence-electron chi connectivity index (χ0n) is 22.2. The van der Waals surface area contributed by atoms with Crippen LogP contribution in [0.3, 0.4) is 0 Å². The van der Waals surface area contributed by atoms with Crippen LogP contribution >= 0.6 is 0 Å². The molecule has 2 atom stereocenters. The number of carbonyl (C=O) groups excluding carboxylic acids is 2. The monoisotopic (exact) mass is 502 g/mol. The van der Waals surface area contributed by atoms with Crippen molar-refractivity contribution >= 4 is 22.9 Å². The van der Waals surface area contributed by atoms with Crippen LogP contribution in [0, 0.1) is 11.8 Å². The second-order valence-corrected chi connectivity index (χ2v) is 11.5. The maximum Gasteiger partial charge on any atom is 0.307 e. The summed E-state index contributed by atoms with van der Waals surface area (Å²) in [4.78, 5) is 38.1. The maximum absolute atomic E-state index is 14.1. The lowest BCUT2D eigenvalue weighted by molar-refractivity contribution is -0.160. The number of hydrogen-bond acceptors (Lipinski definition) is 5. The molecular formula is C30H38N4O3. The van der Waals surface area contributed by atoms with Crippen LogP contribution in [-0.4, -0.2) is 43.5 Å². The summed E-state index contributed by atoms with van der Waals surface area (Å²) < 4.78 is 7.64. The van der Waals surface area contributed by atoms with E-state index in [-0.39, 0.29) is 36.2 Å². The number of para-hydroxylation sites is 2. The van der Waals surface area contributed by atoms with Crippen molar-refractivity contribution in [2.45, 2.75) is 83.8 Å². The summed E-state index contributed by atoms with van der Waals surface area (Å²) in [6.45, 7) is 6.35. The van der Waals surface area contributed by atoms with Crippen molar-refractivity contribution in [3.8, 4) is 5.82 Å². The summed E-state index contributed by atoms with van der Waals surface area (Å²) in [7, 11) is 0. The molecule has 196 valence electrons. The molecule has 0 bridgehead atoms. The molecule has 1 aliphatic heterocycles. The lowest BCUT2D eigenvalue weighted by Gasteiger charge is -2.35. The van der Waals surface area contributed by atoms with Crippen LogP contribution in [0.4, 0.5) is 0 Å². The largest absolute Gasteiger partial charge is 0.460 e. The number of nitrogens with zero attached hydrogens (tertiary/aromatic N) is 4. The van der Waals surface area contributed by atoms with Gasteiger partial charge in [-0.3, -0.25) is 14.2 Å². The molecule has 2 fully saturated rings. The molecular weight excluding hydrogens is 464 g/mol. The van der Waals surface area contributed by atoms with E-state index in [0.29, 0.717) is 6.54 Å². The van der Waals surface area contributed by atoms with Gasteiger partial charge in [-0.05, 0) is 82.2 Å². The quantitative estimate of drug-likeness (QED) is 0.386. The second-order valence-electron chi connectivity index (χ2n) is 11.5. The average molecular weight is 503 g/mol. The highest BCUT2D eigenvalue weighted by Gasteiger charge is 2.39. The molecule has 1 aromatic carbocycles. The number of imidazole rings is 1. The zero-order valence-corrected chi connectivity index (χ0v) is 22.2. The molecule has 37 heavy (non-hydrogen) atoms. The lowest BCUT2D eigenvalue weighted by Crippen LogP contribution is -2.41. The average Bonchev–Trinajstić information content (AvgIpc) is 3.54. The molecule has 1 saturated heterocycles. The van der Waals surface area contributed by atoms with Gasteiger partial charge in [0.05, 0.1) is 29.4 Å². The second kappa shape index (κ2) is 10.6. The SMILES string of the molecule is CC(C)(C)OC(=O)C[C@H](C(=O)N1CCC[C@H]1c1ccnc(-n2cnc3ccccc32)c1)C1CCCCC1. The number of pyridine rings is 1. The summed E-state index contributed by atoms with van der Waals surface area (Å²) in [5.74, 6) is 0.537. The fraction of sp³-hybridized carbons (Fsp3) is 0.533. The molecule has 1 saturated carbocycles. The standard InChI is InChI=1S/C30H38N4O3/c1-30(2,3)37-28(35)19-23(21-10-5-4-6-11-21)29(36)33-17-9-14-25(33)22-15-16-31-27(18-22)34-20-32-24-12-7-8-13-26(24)34/h7-8,12-13,15-16,18,20-21,23,25H,4-6,9-11,14,17,19H2,1-3H3/t23-,25-/m0/s1. The molecule has 0 unspecified atom stereocenters. The number of ether oxygens (including phenoxy) is 1. The Labute approximate surface area is 219 Å². The zero-order chi connectivity index (χ0) is 26.0. The van der Waals surface area contributed by atoms with Gasteiger partial charge in [0, 0.05) is 12.7 Å². The minimum Gasteiger partial charge on any atom is -0.460 e. The van der Waals surface area contributed by atoms with E-state index in [4.69, 9.17) is 4.74 Å². The lowest BCUT2D eigenvalue weighted by atomic mass is 9.77. The van der Waals surface area contributed by atoms with Gasteiger partial charge < -0.3 is 9.64 Å². The van der Waals surface area contributed by atoms with Gasteiger partial charge in [0.15, 0.2) is 0 Å². The fourth-order valence-electron chi connectivity index (χ4n) is 6.06. The van der Waals surface area contributed by atoms with E-state index >= 15 is 0 Å². The van der Waals surface area contributed by atoms with E-state index in [0.717, 1.165) is 60.9 Å². The van der Waals surface area contributed by atoms with Crippen molar-refractivity contribution in [3.63, 3.8) is 0 Å². The maximum atomic E-state index is 14.1. The van der Waals surface area contributed by atoms with E-state index in [1.807, 2.05) is 66.8 Å². The molecule has 0 spiro atoms. The normalized spacial score (nSPS) is 19.8. The van der Waals surface area contributed by atoms with Crippen molar-refractivity contribution in [1.82, 2.24) is 19.4 Å². The first kappa shape index (κ1) is 25.4. The molecule has 3 heterocycles. The number of aromatic nitrogens is 3. The van der Waals surface area contributed by atoms with Gasteiger partial charge >= 0.3 is 5.97 Å². The predicted molar refractivity (Wildman–Crippen MR) is 143 cm³/mol. The molecule has 3 aromatic rings. The van der Waals surface area contributed by atoms with Crippen LogP contribution in [-0.2, 0) is 14.3 Å². The smallest absolute Gasteiger partial charge is 0.307 e. The van der Waals surface area contributed by atoms with Crippen LogP contribution < -0.4 is 0 Å². The van der Waals surface area contributed by atoms with E-state index in [1.165, 1.54) is 6.42 Å². The summed E-state index contributed by atoms with van der Waals surface area (Å²) in [5, 5.41) is 0. The predicted octanol–water partition coefficient (Wildman–Crippen LogP) is 6.01. The first-order valence-corrected chi connectivity index (χ1v) is 13.7. The molecule has 5 rings (SSSR count). The third kappa shape index (κ3) is 5.71. The van der Waals surface area contributed by atoms with Crippen molar-refractivity contribution in [2.75, 3.05) is 6.54 Å². The minimum absolute atomic E-state index is 0.0197. The van der Waals surface area contributed by atoms with Crippen LogP contribution in [0.2, 0.25) is 0 Å². The molecule has 7 nitrogen and oxygen atoms in total. The van der Waals surface area contributed by atoms with Crippen LogP contribution in [0.5, 0.6) is 0 Å². The number of fused-ring (bicyclic) bond motifs is 1. The number of hydrogen-bond donors (Lipinski definition) is 0. The van der Waals surface area contributed by atoms with E-state index < -0.39 is 5.60 Å². The molecule has 0 radical (unpaired) electrons. The van der Waals surface area contributed by atoms with Crippen molar-refractivity contribution in [1.29, 1.82) is 0 Å². The first-order valence-electron chi connectivity index (χ1n) is 13.7. The highest BCUT2D eigenvalue weighted by molar-refractivity contribution is 5.85. The van der Waals surface area contributed by atoms with Crippen molar-refractivity contribution in [3.05, 3.63) is 54.5 Å². The Morgan fingerprint density at radius 2 is 1.81 bits per heavy atom. The number of rotatable bonds is 6. The van der Waals surface area contributed by atoms with Gasteiger partial charge in [-0.15, -0.1) is 0 Å². The van der Waals surface area contributed by atoms with Gasteiger partial charge in [0.1, 0.15) is 17.7 Å². The van der Waals surface area contributed by atoms with Crippen molar-refractivity contribution in [2.24, 2.45) is 11.8 Å². The Hall–Kier alpha value is -3.22. The number of benzene rings is 1. The third-order valence-corrected chi connectivity index (χ3v) is 7.73. The number of carbonyl (C=O) groups is 2. The van der Waals surface area contributed by atoms with Gasteiger partial charge in [-0.1, -0.05) is 31.4 Å². The first-order chi connectivity index (χ1) is 17.8. The fourth-order valence-corrected chi connectivity index (χ4v) is 6.06. The van der Waals surface area contributed by atoms with E-state index in [2.05, 4.69) is 16.0 Å². The highest BCUT2D eigenvalue weighted by Crippen LogP contribution is 2.39. The molecule has 1 aliphatic carbocycles. The Morgan fingerprint density at radius 3 is 2.59 bits per heavy atom. The number of likely N-dealkylation sites (tertiary alicyclic amines) is 1. The molecule has 2 aromatic heterocycles. The van der Waals surface area contributed by atoms with Gasteiger partial charge in [-0.2, -0.15) is 0 Å². The van der Waals surface area contributed by atoms with Crippen LogP contribution in [0.25, 0.3) is 16.9 Å². The minimum atomic E-state index is -0.557. The Kier molecular flexibility index (Phi) is 7.31. The molecule has 1 amide bonds. The Balaban J connectivity index is 1.40. The van der Waals surface area contributed by atoms with Gasteiger partial charge in [0.25, 0.3) is 0 Å². The molecule has 2 aliphatic rings. The van der Waals surface area contributed by atoms with Gasteiger partial charge in [0.2, 0.25) is 5.91 Å². The summed E-state index contributed by atoms with van der Waals surface area (Å²) >= 11 is 0. The highest BCUT2D eigenvalue weighted by atomic mass is 16.6. The summed E-state index contributed by atoms with van der Waals surface area (Å²) in [6, 6.07) is 12.1. The van der Waals surface area contributed by atoms with Crippen LogP contribution in [0.15, 0.2) is 48.9 Å². The molecule has 7 heteroatoms. The summed E-state index contributed by atoms with van der Waals surface area (Å²) in [5.41, 5.74) is 2.44. The van der Waals surface area contributed by atoms with E-state index in [9.17, 15) is 9.59 Å². The van der Waals surface area contributed by atoms with Gasteiger partial charge in [-0.25, -0.2) is 9.97 Å². The van der Waals surface area contributed by atoms with Crippen molar-refractivity contribution < 1.29 is 14.3 Å². The van der Waals surface area contributed by atoms with Crippen LogP contribution in [0.1, 0.15) is 83.7 Å². The number of esters is 1. The third-order valence-electron chi connectivity index (χ3n) is 7.73.